The Kier molecular flexibility index (Phi) is 5.98. The molecule has 0 bridgehead atoms. The number of aromatic nitrogens is 1. The Morgan fingerprint density at radius 1 is 1.33 bits per heavy atom. The van der Waals surface area contributed by atoms with Crippen molar-refractivity contribution in [3.8, 4) is 0 Å². The van der Waals surface area contributed by atoms with Crippen LogP contribution in [0.2, 0.25) is 0 Å². The van der Waals surface area contributed by atoms with Gasteiger partial charge in [0, 0.05) is 25.4 Å². The van der Waals surface area contributed by atoms with E-state index in [4.69, 9.17) is 4.42 Å². The lowest BCUT2D eigenvalue weighted by atomic mass is 10.1. The lowest BCUT2D eigenvalue weighted by Crippen LogP contribution is -2.38. The SMILES string of the molecule is CCN(CC)[C@@H](CNC(=O)c1cc(C(C)=O)cn1C)c1ccco1. The monoisotopic (exact) mass is 331 g/mol. The second-order valence-corrected chi connectivity index (χ2v) is 5.74. The van der Waals surface area contributed by atoms with Crippen LogP contribution in [0.15, 0.2) is 35.1 Å². The predicted molar refractivity (Wildman–Crippen MR) is 92.1 cm³/mol. The third-order valence-corrected chi connectivity index (χ3v) is 4.22. The van der Waals surface area contributed by atoms with E-state index in [0.29, 0.717) is 17.8 Å². The fraction of sp³-hybridized carbons (Fsp3) is 0.444. The molecular weight excluding hydrogens is 306 g/mol. The van der Waals surface area contributed by atoms with Crippen LogP contribution < -0.4 is 5.32 Å². The van der Waals surface area contributed by atoms with Gasteiger partial charge in [-0.1, -0.05) is 13.8 Å². The summed E-state index contributed by atoms with van der Waals surface area (Å²) in [4.78, 5) is 26.2. The molecule has 2 rings (SSSR count). The number of carbonyl (C=O) groups excluding carboxylic acids is 2. The van der Waals surface area contributed by atoms with Gasteiger partial charge in [0.05, 0.1) is 12.3 Å². The van der Waals surface area contributed by atoms with Gasteiger partial charge in [0.25, 0.3) is 5.91 Å². The molecule has 0 radical (unpaired) electrons. The molecule has 0 aliphatic rings. The van der Waals surface area contributed by atoms with E-state index in [1.54, 1.807) is 30.1 Å². The van der Waals surface area contributed by atoms with E-state index in [0.717, 1.165) is 18.8 Å². The van der Waals surface area contributed by atoms with Gasteiger partial charge in [0.1, 0.15) is 11.5 Å². The molecule has 2 heterocycles. The summed E-state index contributed by atoms with van der Waals surface area (Å²) >= 11 is 0. The summed E-state index contributed by atoms with van der Waals surface area (Å²) in [5, 5.41) is 2.96. The maximum atomic E-state index is 12.5. The van der Waals surface area contributed by atoms with E-state index in [2.05, 4.69) is 24.1 Å². The number of Topliss-reactive ketones (excluding diaryl/α,β-unsaturated/α-hetero) is 1. The number of furan rings is 1. The highest BCUT2D eigenvalue weighted by molar-refractivity contribution is 5.99. The number of nitrogens with zero attached hydrogens (tertiary/aromatic N) is 2. The van der Waals surface area contributed by atoms with Crippen molar-refractivity contribution >= 4 is 11.7 Å². The number of ketones is 1. The minimum absolute atomic E-state index is 0.0218. The number of rotatable bonds is 8. The van der Waals surface area contributed by atoms with Crippen LogP contribution in [0.25, 0.3) is 0 Å². The van der Waals surface area contributed by atoms with E-state index in [-0.39, 0.29) is 17.7 Å². The largest absolute Gasteiger partial charge is 0.468 e. The van der Waals surface area contributed by atoms with Crippen molar-refractivity contribution in [3.63, 3.8) is 0 Å². The average Bonchev–Trinajstić information content (AvgIpc) is 3.20. The van der Waals surface area contributed by atoms with Gasteiger partial charge in [0.2, 0.25) is 0 Å². The standard InChI is InChI=1S/C18H25N3O3/c1-5-21(6-2)16(17-8-7-9-24-17)11-19-18(23)15-10-14(13(3)22)12-20(15)4/h7-10,12,16H,5-6,11H2,1-4H3,(H,19,23)/t16-/m0/s1. The van der Waals surface area contributed by atoms with Crippen molar-refractivity contribution in [2.24, 2.45) is 7.05 Å². The minimum atomic E-state index is -0.200. The molecule has 0 saturated carbocycles. The number of likely N-dealkylation sites (N-methyl/N-ethyl adjacent to an activating group) is 1. The van der Waals surface area contributed by atoms with E-state index >= 15 is 0 Å². The van der Waals surface area contributed by atoms with Crippen LogP contribution in [0, 0.1) is 0 Å². The fourth-order valence-corrected chi connectivity index (χ4v) is 2.82. The quantitative estimate of drug-likeness (QED) is 0.755. The molecule has 0 aromatic carbocycles. The molecule has 2 aromatic heterocycles. The number of hydrogen-bond donors (Lipinski definition) is 1. The van der Waals surface area contributed by atoms with Crippen molar-refractivity contribution in [2.45, 2.75) is 26.8 Å². The Labute approximate surface area is 142 Å². The van der Waals surface area contributed by atoms with Gasteiger partial charge in [-0.2, -0.15) is 0 Å². The molecule has 0 aliphatic carbocycles. The Balaban J connectivity index is 2.11. The summed E-state index contributed by atoms with van der Waals surface area (Å²) < 4.78 is 7.21. The Morgan fingerprint density at radius 3 is 2.54 bits per heavy atom. The number of hydrogen-bond acceptors (Lipinski definition) is 4. The van der Waals surface area contributed by atoms with Gasteiger partial charge in [-0.3, -0.25) is 14.5 Å². The molecule has 0 spiro atoms. The molecule has 1 amide bonds. The molecule has 6 nitrogen and oxygen atoms in total. The van der Waals surface area contributed by atoms with Crippen LogP contribution in [0.4, 0.5) is 0 Å². The summed E-state index contributed by atoms with van der Waals surface area (Å²) in [6.45, 7) is 7.81. The first-order valence-electron chi connectivity index (χ1n) is 8.20. The normalized spacial score (nSPS) is 12.4. The highest BCUT2D eigenvalue weighted by atomic mass is 16.3. The smallest absolute Gasteiger partial charge is 0.267 e. The maximum Gasteiger partial charge on any atom is 0.267 e. The molecular formula is C18H25N3O3. The second kappa shape index (κ2) is 7.97. The summed E-state index contributed by atoms with van der Waals surface area (Å²) in [6.07, 6.45) is 3.32. The van der Waals surface area contributed by atoms with E-state index < -0.39 is 0 Å². The van der Waals surface area contributed by atoms with Crippen molar-refractivity contribution in [2.75, 3.05) is 19.6 Å². The summed E-state index contributed by atoms with van der Waals surface area (Å²) in [7, 11) is 1.76. The first-order chi connectivity index (χ1) is 11.5. The molecule has 0 fully saturated rings. The third-order valence-electron chi connectivity index (χ3n) is 4.22. The minimum Gasteiger partial charge on any atom is -0.468 e. The van der Waals surface area contributed by atoms with Crippen molar-refractivity contribution in [1.82, 2.24) is 14.8 Å². The van der Waals surface area contributed by atoms with Gasteiger partial charge in [-0.05, 0) is 38.2 Å². The van der Waals surface area contributed by atoms with Crippen LogP contribution in [0.5, 0.6) is 0 Å². The van der Waals surface area contributed by atoms with Gasteiger partial charge >= 0.3 is 0 Å². The summed E-state index contributed by atoms with van der Waals surface area (Å²) in [5.41, 5.74) is 1.01. The lowest BCUT2D eigenvalue weighted by molar-refractivity contribution is 0.0921. The average molecular weight is 331 g/mol. The number of nitrogens with one attached hydrogen (secondary N) is 1. The van der Waals surface area contributed by atoms with Crippen LogP contribution >= 0.6 is 0 Å². The number of aryl methyl sites for hydroxylation is 1. The molecule has 6 heteroatoms. The fourth-order valence-electron chi connectivity index (χ4n) is 2.82. The molecule has 0 saturated heterocycles. The van der Waals surface area contributed by atoms with Crippen LogP contribution in [0.1, 0.15) is 53.4 Å². The van der Waals surface area contributed by atoms with Gasteiger partial charge in [-0.15, -0.1) is 0 Å². The predicted octanol–water partition coefficient (Wildman–Crippen LogP) is 2.63. The van der Waals surface area contributed by atoms with E-state index in [1.807, 2.05) is 12.1 Å². The first-order valence-corrected chi connectivity index (χ1v) is 8.20. The molecule has 0 aliphatic heterocycles. The van der Waals surface area contributed by atoms with Gasteiger partial charge < -0.3 is 14.3 Å². The Hall–Kier alpha value is -2.34. The van der Waals surface area contributed by atoms with Crippen LogP contribution in [-0.2, 0) is 7.05 Å². The summed E-state index contributed by atoms with van der Waals surface area (Å²) in [5.74, 6) is 0.574. The number of amides is 1. The Morgan fingerprint density at radius 2 is 2.04 bits per heavy atom. The van der Waals surface area contributed by atoms with Crippen molar-refractivity contribution in [1.29, 1.82) is 0 Å². The van der Waals surface area contributed by atoms with E-state index in [9.17, 15) is 9.59 Å². The van der Waals surface area contributed by atoms with Crippen molar-refractivity contribution in [3.05, 3.63) is 47.7 Å². The van der Waals surface area contributed by atoms with Crippen LogP contribution in [0.3, 0.4) is 0 Å². The molecule has 0 unspecified atom stereocenters. The van der Waals surface area contributed by atoms with Crippen LogP contribution in [-0.4, -0.2) is 40.8 Å². The third kappa shape index (κ3) is 3.94. The topological polar surface area (TPSA) is 67.5 Å². The zero-order valence-electron chi connectivity index (χ0n) is 14.7. The molecule has 1 atom stereocenters. The van der Waals surface area contributed by atoms with Crippen molar-refractivity contribution < 1.29 is 14.0 Å². The molecule has 1 N–H and O–H groups in total. The molecule has 130 valence electrons. The highest BCUT2D eigenvalue weighted by Crippen LogP contribution is 2.20. The highest BCUT2D eigenvalue weighted by Gasteiger charge is 2.22. The maximum absolute atomic E-state index is 12.5. The Bertz CT molecular complexity index is 684. The first kappa shape index (κ1) is 18.0. The second-order valence-electron chi connectivity index (χ2n) is 5.74. The zero-order chi connectivity index (χ0) is 17.7. The summed E-state index contributed by atoms with van der Waals surface area (Å²) in [6, 6.07) is 5.37. The molecule has 2 aromatic rings. The molecule has 24 heavy (non-hydrogen) atoms. The van der Waals surface area contributed by atoms with Gasteiger partial charge in [0.15, 0.2) is 5.78 Å². The van der Waals surface area contributed by atoms with Gasteiger partial charge in [-0.25, -0.2) is 0 Å². The number of carbonyl (C=O) groups is 2. The zero-order valence-corrected chi connectivity index (χ0v) is 14.7. The van der Waals surface area contributed by atoms with E-state index in [1.165, 1.54) is 6.92 Å². The lowest BCUT2D eigenvalue weighted by Gasteiger charge is -2.28.